The van der Waals surface area contributed by atoms with Gasteiger partial charge in [0.25, 0.3) is 0 Å². The highest BCUT2D eigenvalue weighted by Crippen LogP contribution is 2.18. The first-order valence-corrected chi connectivity index (χ1v) is 27.2. The molecule has 0 aromatic heterocycles. The number of hydrogen-bond donors (Lipinski definition) is 3. The Bertz CT molecular complexity index is 1020. The van der Waals surface area contributed by atoms with Gasteiger partial charge < -0.3 is 20.3 Å². The van der Waals surface area contributed by atoms with Crippen LogP contribution in [-0.4, -0.2) is 46.9 Å². The highest BCUT2D eigenvalue weighted by Gasteiger charge is 2.24. The van der Waals surface area contributed by atoms with E-state index in [-0.39, 0.29) is 24.9 Å². The fourth-order valence-electron chi connectivity index (χ4n) is 8.37. The summed E-state index contributed by atoms with van der Waals surface area (Å²) in [5.41, 5.74) is 0. The van der Waals surface area contributed by atoms with Gasteiger partial charge in [-0.05, 0) is 51.4 Å². The lowest BCUT2D eigenvalue weighted by molar-refractivity contribution is -0.151. The molecule has 3 atom stereocenters. The molecule has 0 aromatic carbocycles. The standard InChI is InChI=1S/C56H105NO5/c1-4-7-10-13-16-19-22-25-26-27-28-29-31-34-37-40-43-46-49-56(61)62-52(47-44-41-38-35-32-30-23-20-17-14-11-8-5-2)50-55(60)57-53(51-58)54(59)48-45-42-39-36-33-24-21-18-15-12-9-6-3/h22,25-29,52-54,58-59H,4-21,23-24,30-51H2,1-3H3,(H,57,60)/b25-22+,27-26+,29-28+. The van der Waals surface area contributed by atoms with Crippen molar-refractivity contribution in [2.24, 2.45) is 0 Å². The first-order chi connectivity index (χ1) is 30.5. The third-order valence-corrected chi connectivity index (χ3v) is 12.5. The highest BCUT2D eigenvalue weighted by atomic mass is 16.5. The van der Waals surface area contributed by atoms with Gasteiger partial charge in [0.05, 0.1) is 25.2 Å². The van der Waals surface area contributed by atoms with E-state index in [2.05, 4.69) is 62.5 Å². The molecular weight excluding hydrogens is 767 g/mol. The molecule has 0 aromatic rings. The Morgan fingerprint density at radius 2 is 0.823 bits per heavy atom. The largest absolute Gasteiger partial charge is 0.462 e. The Hall–Kier alpha value is -1.92. The van der Waals surface area contributed by atoms with Crippen LogP contribution in [0.2, 0.25) is 0 Å². The molecule has 6 heteroatoms. The molecule has 3 N–H and O–H groups in total. The monoisotopic (exact) mass is 872 g/mol. The van der Waals surface area contributed by atoms with E-state index in [4.69, 9.17) is 4.74 Å². The number of hydrogen-bond acceptors (Lipinski definition) is 5. The summed E-state index contributed by atoms with van der Waals surface area (Å²) >= 11 is 0. The van der Waals surface area contributed by atoms with Gasteiger partial charge in [-0.25, -0.2) is 0 Å². The van der Waals surface area contributed by atoms with Crippen molar-refractivity contribution in [2.75, 3.05) is 6.61 Å². The van der Waals surface area contributed by atoms with Crippen molar-refractivity contribution >= 4 is 11.9 Å². The summed E-state index contributed by atoms with van der Waals surface area (Å²) in [5, 5.41) is 23.8. The van der Waals surface area contributed by atoms with Crippen molar-refractivity contribution in [3.05, 3.63) is 36.5 Å². The number of ether oxygens (including phenoxy) is 1. The number of rotatable bonds is 49. The van der Waals surface area contributed by atoms with Gasteiger partial charge in [-0.1, -0.05) is 256 Å². The van der Waals surface area contributed by atoms with Crippen molar-refractivity contribution in [3.63, 3.8) is 0 Å². The summed E-state index contributed by atoms with van der Waals surface area (Å²) in [6.07, 6.45) is 59.1. The minimum absolute atomic E-state index is 0.0734. The first-order valence-electron chi connectivity index (χ1n) is 27.2. The molecule has 3 unspecified atom stereocenters. The van der Waals surface area contributed by atoms with Crippen LogP contribution in [0, 0.1) is 0 Å². The summed E-state index contributed by atoms with van der Waals surface area (Å²) in [7, 11) is 0. The Labute approximate surface area is 385 Å². The second-order valence-electron chi connectivity index (χ2n) is 18.7. The maximum absolute atomic E-state index is 13.2. The van der Waals surface area contributed by atoms with Gasteiger partial charge in [-0.2, -0.15) is 0 Å². The molecule has 0 aliphatic rings. The van der Waals surface area contributed by atoms with Gasteiger partial charge in [-0.15, -0.1) is 0 Å². The number of aliphatic hydroxyl groups is 2. The van der Waals surface area contributed by atoms with Gasteiger partial charge in [0.2, 0.25) is 5.91 Å². The molecule has 0 fully saturated rings. The van der Waals surface area contributed by atoms with Crippen LogP contribution in [0.5, 0.6) is 0 Å². The number of allylic oxidation sites excluding steroid dienone is 6. The van der Waals surface area contributed by atoms with E-state index in [9.17, 15) is 19.8 Å². The van der Waals surface area contributed by atoms with Crippen molar-refractivity contribution in [3.8, 4) is 0 Å². The lowest BCUT2D eigenvalue weighted by Crippen LogP contribution is -2.46. The number of carbonyl (C=O) groups is 2. The molecule has 0 aliphatic heterocycles. The number of amides is 1. The molecule has 0 saturated carbocycles. The third-order valence-electron chi connectivity index (χ3n) is 12.5. The Morgan fingerprint density at radius 3 is 1.23 bits per heavy atom. The number of carbonyl (C=O) groups excluding carboxylic acids is 2. The number of unbranched alkanes of at least 4 members (excludes halogenated alkanes) is 33. The molecule has 0 saturated heterocycles. The predicted molar refractivity (Wildman–Crippen MR) is 269 cm³/mol. The lowest BCUT2D eigenvalue weighted by Gasteiger charge is -2.24. The van der Waals surface area contributed by atoms with E-state index >= 15 is 0 Å². The van der Waals surface area contributed by atoms with E-state index < -0.39 is 18.2 Å². The molecule has 0 bridgehead atoms. The minimum Gasteiger partial charge on any atom is -0.462 e. The van der Waals surface area contributed by atoms with E-state index in [1.807, 2.05) is 0 Å². The van der Waals surface area contributed by atoms with Gasteiger partial charge >= 0.3 is 5.97 Å². The van der Waals surface area contributed by atoms with Crippen LogP contribution in [-0.2, 0) is 14.3 Å². The molecule has 0 radical (unpaired) electrons. The zero-order chi connectivity index (χ0) is 45.2. The maximum atomic E-state index is 13.2. The Morgan fingerprint density at radius 1 is 0.468 bits per heavy atom. The number of nitrogens with one attached hydrogen (secondary N) is 1. The first kappa shape index (κ1) is 60.1. The molecule has 0 heterocycles. The van der Waals surface area contributed by atoms with Crippen LogP contribution in [0.25, 0.3) is 0 Å². The summed E-state index contributed by atoms with van der Waals surface area (Å²) in [6, 6.07) is -0.702. The summed E-state index contributed by atoms with van der Waals surface area (Å²) in [4.78, 5) is 26.2. The zero-order valence-corrected chi connectivity index (χ0v) is 41.5. The predicted octanol–water partition coefficient (Wildman–Crippen LogP) is 16.5. The average Bonchev–Trinajstić information content (AvgIpc) is 3.26. The number of esters is 1. The molecule has 0 rings (SSSR count). The van der Waals surface area contributed by atoms with Crippen LogP contribution in [0.3, 0.4) is 0 Å². The van der Waals surface area contributed by atoms with Crippen LogP contribution in [0.1, 0.15) is 284 Å². The highest BCUT2D eigenvalue weighted by molar-refractivity contribution is 5.77. The average molecular weight is 872 g/mol. The van der Waals surface area contributed by atoms with Gasteiger partial charge in [0.1, 0.15) is 6.10 Å². The van der Waals surface area contributed by atoms with Crippen LogP contribution >= 0.6 is 0 Å². The lowest BCUT2D eigenvalue weighted by atomic mass is 10.0. The molecule has 6 nitrogen and oxygen atoms in total. The smallest absolute Gasteiger partial charge is 0.306 e. The van der Waals surface area contributed by atoms with E-state index in [0.29, 0.717) is 19.3 Å². The van der Waals surface area contributed by atoms with E-state index in [1.54, 1.807) is 0 Å². The quantitative estimate of drug-likeness (QED) is 0.0321. The topological polar surface area (TPSA) is 95.9 Å². The molecule has 62 heavy (non-hydrogen) atoms. The van der Waals surface area contributed by atoms with Crippen LogP contribution < -0.4 is 5.32 Å². The van der Waals surface area contributed by atoms with Crippen molar-refractivity contribution in [1.82, 2.24) is 5.32 Å². The second kappa shape index (κ2) is 50.1. The van der Waals surface area contributed by atoms with Crippen molar-refractivity contribution in [2.45, 2.75) is 302 Å². The summed E-state index contributed by atoms with van der Waals surface area (Å²) < 4.78 is 5.94. The SMILES string of the molecule is CCCCCCC/C=C/C=C/C=C/CCCCCCCC(=O)OC(CCCCCCCCCCCCCCC)CC(=O)NC(CO)C(O)CCCCCCCCCCCCCC. The number of aliphatic hydroxyl groups excluding tert-OH is 2. The molecule has 0 aliphatic carbocycles. The van der Waals surface area contributed by atoms with Crippen LogP contribution in [0.4, 0.5) is 0 Å². The minimum atomic E-state index is -0.788. The fourth-order valence-corrected chi connectivity index (χ4v) is 8.37. The van der Waals surface area contributed by atoms with Crippen molar-refractivity contribution in [1.29, 1.82) is 0 Å². The van der Waals surface area contributed by atoms with Gasteiger partial charge in [-0.3, -0.25) is 9.59 Å². The summed E-state index contributed by atoms with van der Waals surface area (Å²) in [6.45, 7) is 6.48. The Kier molecular flexibility index (Phi) is 48.5. The maximum Gasteiger partial charge on any atom is 0.306 e. The molecular formula is C56H105NO5. The third kappa shape index (κ3) is 44.7. The van der Waals surface area contributed by atoms with Crippen LogP contribution in [0.15, 0.2) is 36.5 Å². The second-order valence-corrected chi connectivity index (χ2v) is 18.7. The van der Waals surface area contributed by atoms with E-state index in [0.717, 1.165) is 64.2 Å². The van der Waals surface area contributed by atoms with E-state index in [1.165, 1.54) is 173 Å². The van der Waals surface area contributed by atoms with Gasteiger partial charge in [0.15, 0.2) is 0 Å². The van der Waals surface area contributed by atoms with Gasteiger partial charge in [0, 0.05) is 6.42 Å². The Balaban J connectivity index is 4.57. The summed E-state index contributed by atoms with van der Waals surface area (Å²) in [5.74, 6) is -0.483. The van der Waals surface area contributed by atoms with Crippen molar-refractivity contribution < 1.29 is 24.5 Å². The molecule has 0 spiro atoms. The zero-order valence-electron chi connectivity index (χ0n) is 41.5. The molecule has 364 valence electrons. The normalized spacial score (nSPS) is 13.4. The fraction of sp³-hybridized carbons (Fsp3) is 0.857. The molecule has 1 amide bonds.